The van der Waals surface area contributed by atoms with Gasteiger partial charge in [-0.3, -0.25) is 4.79 Å². The van der Waals surface area contributed by atoms with E-state index in [0.29, 0.717) is 12.0 Å². The number of ether oxygens (including phenoxy) is 2. The zero-order valence-corrected chi connectivity index (χ0v) is 23.5. The van der Waals surface area contributed by atoms with Crippen LogP contribution in [0.25, 0.3) is 0 Å². The first-order chi connectivity index (χ1) is 18.1. The fourth-order valence-electron chi connectivity index (χ4n) is 9.70. The van der Waals surface area contributed by atoms with Gasteiger partial charge in [0.25, 0.3) is 0 Å². The Morgan fingerprint density at radius 1 is 1.03 bits per heavy atom. The highest BCUT2D eigenvalue weighted by Crippen LogP contribution is 2.69. The molecule has 4 aliphatic rings. The third kappa shape index (κ3) is 4.60. The maximum atomic E-state index is 13.4. The van der Waals surface area contributed by atoms with Crippen molar-refractivity contribution in [3.8, 4) is 0 Å². The van der Waals surface area contributed by atoms with Gasteiger partial charge < -0.3 is 19.7 Å². The fraction of sp³-hybridized carbons (Fsp3) is 0.750. The van der Waals surface area contributed by atoms with Crippen molar-refractivity contribution < 1.29 is 29.3 Å². The topological polar surface area (TPSA) is 93.1 Å². The van der Waals surface area contributed by atoms with Gasteiger partial charge in [-0.25, -0.2) is 4.79 Å². The van der Waals surface area contributed by atoms with Gasteiger partial charge >= 0.3 is 11.9 Å². The third-order valence-electron chi connectivity index (χ3n) is 11.8. The molecule has 1 aromatic rings. The van der Waals surface area contributed by atoms with Crippen molar-refractivity contribution in [2.75, 3.05) is 7.11 Å². The number of aliphatic hydroxyl groups excluding tert-OH is 2. The van der Waals surface area contributed by atoms with E-state index in [1.54, 1.807) is 0 Å². The first-order valence-corrected chi connectivity index (χ1v) is 14.8. The smallest absolute Gasteiger partial charge is 0.338 e. The minimum Gasteiger partial charge on any atom is -0.469 e. The molecule has 0 bridgehead atoms. The van der Waals surface area contributed by atoms with Crippen molar-refractivity contribution in [1.29, 1.82) is 0 Å². The fourth-order valence-corrected chi connectivity index (χ4v) is 9.70. The van der Waals surface area contributed by atoms with E-state index in [1.165, 1.54) is 7.11 Å². The first kappa shape index (κ1) is 27.6. The summed E-state index contributed by atoms with van der Waals surface area (Å²) in [6.45, 7) is 6.90. The van der Waals surface area contributed by atoms with Gasteiger partial charge in [-0.2, -0.15) is 0 Å². The Bertz CT molecular complexity index is 1010. The second kappa shape index (κ2) is 10.6. The van der Waals surface area contributed by atoms with E-state index in [0.717, 1.165) is 51.4 Å². The van der Waals surface area contributed by atoms with Crippen LogP contribution < -0.4 is 0 Å². The summed E-state index contributed by atoms with van der Waals surface area (Å²) >= 11 is 0. The predicted octanol–water partition coefficient (Wildman–Crippen LogP) is 5.40. The zero-order chi connectivity index (χ0) is 27.2. The van der Waals surface area contributed by atoms with Gasteiger partial charge in [0.1, 0.15) is 6.10 Å². The molecule has 210 valence electrons. The van der Waals surface area contributed by atoms with Crippen LogP contribution in [-0.2, 0) is 14.3 Å². The highest BCUT2D eigenvalue weighted by molar-refractivity contribution is 5.89. The zero-order valence-electron chi connectivity index (χ0n) is 23.5. The van der Waals surface area contributed by atoms with Crippen molar-refractivity contribution in [3.05, 3.63) is 35.9 Å². The van der Waals surface area contributed by atoms with Crippen molar-refractivity contribution >= 4 is 11.9 Å². The number of esters is 2. The quantitative estimate of drug-likeness (QED) is 0.482. The number of hydrogen-bond donors (Lipinski definition) is 2. The van der Waals surface area contributed by atoms with Gasteiger partial charge in [0.05, 0.1) is 24.9 Å². The van der Waals surface area contributed by atoms with Gasteiger partial charge in [0.15, 0.2) is 0 Å². The van der Waals surface area contributed by atoms with E-state index in [4.69, 9.17) is 9.47 Å². The summed E-state index contributed by atoms with van der Waals surface area (Å²) in [4.78, 5) is 25.4. The molecule has 6 heteroatoms. The molecule has 4 fully saturated rings. The van der Waals surface area contributed by atoms with Crippen LogP contribution >= 0.6 is 0 Å². The highest BCUT2D eigenvalue weighted by Gasteiger charge is 2.66. The summed E-state index contributed by atoms with van der Waals surface area (Å²) in [7, 11) is 1.43. The molecule has 0 heterocycles. The lowest BCUT2D eigenvalue weighted by Crippen LogP contribution is -2.63. The number of hydrogen-bond acceptors (Lipinski definition) is 6. The van der Waals surface area contributed by atoms with Crippen LogP contribution in [0.4, 0.5) is 0 Å². The van der Waals surface area contributed by atoms with Crippen LogP contribution in [0, 0.1) is 46.3 Å². The molecular weight excluding hydrogens is 480 g/mol. The lowest BCUT2D eigenvalue weighted by atomic mass is 9.43. The van der Waals surface area contributed by atoms with Crippen molar-refractivity contribution in [1.82, 2.24) is 0 Å². The minimum atomic E-state index is -0.400. The Morgan fingerprint density at radius 3 is 2.47 bits per heavy atom. The number of aliphatic hydroxyl groups is 2. The number of carbonyl (C=O) groups is 2. The average molecular weight is 527 g/mol. The molecule has 0 spiro atoms. The summed E-state index contributed by atoms with van der Waals surface area (Å²) in [5, 5.41) is 22.1. The number of fused-ring (bicyclic) bond motifs is 5. The number of carbonyl (C=O) groups excluding carboxylic acids is 2. The molecule has 0 amide bonds. The van der Waals surface area contributed by atoms with Gasteiger partial charge in [-0.05, 0) is 104 Å². The van der Waals surface area contributed by atoms with Crippen molar-refractivity contribution in [3.63, 3.8) is 0 Å². The number of rotatable bonds is 6. The van der Waals surface area contributed by atoms with Crippen LogP contribution in [0.3, 0.4) is 0 Å². The molecule has 0 saturated heterocycles. The molecule has 4 saturated carbocycles. The lowest BCUT2D eigenvalue weighted by Gasteiger charge is -2.63. The van der Waals surface area contributed by atoms with Gasteiger partial charge in [-0.1, -0.05) is 39.0 Å². The normalized spacial score (nSPS) is 42.8. The molecule has 38 heavy (non-hydrogen) atoms. The molecule has 2 N–H and O–H groups in total. The number of methoxy groups -OCH3 is 1. The Hall–Kier alpha value is -1.92. The molecule has 0 aliphatic heterocycles. The van der Waals surface area contributed by atoms with E-state index < -0.39 is 6.10 Å². The standard InChI is InChI=1S/C32H46O6/c1-19(10-13-28(35)37-4)23-11-12-24-29-25(31(2)15-14-22(33)16-21(31)17-26(29)34)18-27(32(23,24)3)38-30(36)20-8-6-5-7-9-20/h5-9,19,21-27,29,33-34H,10-18H2,1-4H3/t19-,21+,22-,23-,24+,25+,26-,27+,29+,31+,32-/m1/s1. The van der Waals surface area contributed by atoms with Crippen LogP contribution in [0.2, 0.25) is 0 Å². The maximum absolute atomic E-state index is 13.4. The van der Waals surface area contributed by atoms with Crippen molar-refractivity contribution in [2.45, 2.75) is 96.9 Å². The monoisotopic (exact) mass is 526 g/mol. The van der Waals surface area contributed by atoms with E-state index in [-0.39, 0.29) is 70.5 Å². The van der Waals surface area contributed by atoms with Gasteiger partial charge in [-0.15, -0.1) is 0 Å². The molecular formula is C32H46O6. The van der Waals surface area contributed by atoms with E-state index in [1.807, 2.05) is 30.3 Å². The Labute approximate surface area is 227 Å². The molecule has 0 aromatic heterocycles. The number of benzene rings is 1. The maximum Gasteiger partial charge on any atom is 0.338 e. The van der Waals surface area contributed by atoms with Gasteiger partial charge in [0, 0.05) is 11.8 Å². The molecule has 6 nitrogen and oxygen atoms in total. The van der Waals surface area contributed by atoms with E-state index in [2.05, 4.69) is 20.8 Å². The summed E-state index contributed by atoms with van der Waals surface area (Å²) in [6, 6.07) is 9.24. The molecule has 4 aliphatic carbocycles. The predicted molar refractivity (Wildman–Crippen MR) is 144 cm³/mol. The van der Waals surface area contributed by atoms with E-state index >= 15 is 0 Å². The Morgan fingerprint density at radius 2 is 1.76 bits per heavy atom. The minimum absolute atomic E-state index is 0.0243. The second-order valence-corrected chi connectivity index (χ2v) is 13.4. The summed E-state index contributed by atoms with van der Waals surface area (Å²) < 4.78 is 11.4. The molecule has 1 aromatic carbocycles. The third-order valence-corrected chi connectivity index (χ3v) is 11.8. The van der Waals surface area contributed by atoms with E-state index in [9.17, 15) is 19.8 Å². The summed E-state index contributed by atoms with van der Waals surface area (Å²) in [5.41, 5.74) is 0.312. The first-order valence-electron chi connectivity index (χ1n) is 14.8. The van der Waals surface area contributed by atoms with Gasteiger partial charge in [0.2, 0.25) is 0 Å². The highest BCUT2D eigenvalue weighted by atomic mass is 16.5. The largest absolute Gasteiger partial charge is 0.469 e. The van der Waals surface area contributed by atoms with Crippen LogP contribution in [-0.4, -0.2) is 47.6 Å². The van der Waals surface area contributed by atoms with Crippen LogP contribution in [0.15, 0.2) is 30.3 Å². The Balaban J connectivity index is 1.49. The molecule has 0 unspecified atom stereocenters. The van der Waals surface area contributed by atoms with Crippen LogP contribution in [0.5, 0.6) is 0 Å². The van der Waals surface area contributed by atoms with Crippen molar-refractivity contribution in [2.24, 2.45) is 46.3 Å². The lowest BCUT2D eigenvalue weighted by molar-refractivity contribution is -0.207. The molecule has 11 atom stereocenters. The molecule has 0 radical (unpaired) electrons. The Kier molecular flexibility index (Phi) is 7.69. The van der Waals surface area contributed by atoms with Crippen LogP contribution in [0.1, 0.15) is 88.9 Å². The SMILES string of the molecule is COC(=O)CC[C@@H](C)[C@H]1CC[C@H]2[C@@H]3[C@H](O)C[C@@H]4C[C@H](O)CC[C@]4(C)[C@H]3C[C@H](OC(=O)c3ccccc3)[C@]12C. The molecule has 5 rings (SSSR count). The summed E-state index contributed by atoms with van der Waals surface area (Å²) in [6.07, 6.45) is 6.20. The summed E-state index contributed by atoms with van der Waals surface area (Å²) in [5.74, 6) is 1.05. The average Bonchev–Trinajstić information content (AvgIpc) is 3.27. The second-order valence-electron chi connectivity index (χ2n) is 13.4.